The fourth-order valence-electron chi connectivity index (χ4n) is 2.43. The van der Waals surface area contributed by atoms with Gasteiger partial charge in [-0.25, -0.2) is 4.79 Å². The zero-order chi connectivity index (χ0) is 15.2. The average molecular weight is 356 g/mol. The molecule has 1 saturated heterocycles. The van der Waals surface area contributed by atoms with Crippen molar-refractivity contribution in [1.82, 2.24) is 4.90 Å². The van der Waals surface area contributed by atoms with Crippen LogP contribution in [0.25, 0.3) is 0 Å². The standard InChI is InChI=1S/C15H18BrNO4/c16-11-5-1-2-7-13(11)21-10-4-8-14(18)17-9-3-6-12(17)15(19)20/h1-2,5,7,12H,3-4,6,8-10H2,(H,19,20)/t12-/m1/s1. The summed E-state index contributed by atoms with van der Waals surface area (Å²) in [6, 6.07) is 6.88. The van der Waals surface area contributed by atoms with Crippen LogP contribution < -0.4 is 4.74 Å². The van der Waals surface area contributed by atoms with Gasteiger partial charge < -0.3 is 14.7 Å². The van der Waals surface area contributed by atoms with Crippen molar-refractivity contribution in [2.24, 2.45) is 0 Å². The van der Waals surface area contributed by atoms with Gasteiger partial charge in [0.2, 0.25) is 5.91 Å². The lowest BCUT2D eigenvalue weighted by molar-refractivity contribution is -0.148. The lowest BCUT2D eigenvalue weighted by atomic mass is 10.2. The Kier molecular flexibility index (Phi) is 5.61. The second kappa shape index (κ2) is 7.45. The number of ether oxygens (including phenoxy) is 1. The van der Waals surface area contributed by atoms with Crippen molar-refractivity contribution in [2.45, 2.75) is 31.7 Å². The van der Waals surface area contributed by atoms with E-state index in [2.05, 4.69) is 15.9 Å². The van der Waals surface area contributed by atoms with E-state index in [4.69, 9.17) is 9.84 Å². The largest absolute Gasteiger partial charge is 0.492 e. The third-order valence-electron chi connectivity index (χ3n) is 3.49. The van der Waals surface area contributed by atoms with Gasteiger partial charge in [-0.15, -0.1) is 0 Å². The monoisotopic (exact) mass is 355 g/mol. The molecule has 0 aromatic heterocycles. The third-order valence-corrected chi connectivity index (χ3v) is 4.14. The predicted octanol–water partition coefficient (Wildman–Crippen LogP) is 2.68. The van der Waals surface area contributed by atoms with Crippen molar-refractivity contribution in [1.29, 1.82) is 0 Å². The van der Waals surface area contributed by atoms with Crippen molar-refractivity contribution >= 4 is 27.8 Å². The number of aliphatic carboxylic acids is 1. The van der Waals surface area contributed by atoms with E-state index in [9.17, 15) is 9.59 Å². The summed E-state index contributed by atoms with van der Waals surface area (Å²) < 4.78 is 6.47. The van der Waals surface area contributed by atoms with Crippen molar-refractivity contribution < 1.29 is 19.4 Å². The molecule has 1 atom stereocenters. The van der Waals surface area contributed by atoms with Crippen LogP contribution in [0.1, 0.15) is 25.7 Å². The number of benzene rings is 1. The maximum atomic E-state index is 12.0. The first kappa shape index (κ1) is 15.8. The quantitative estimate of drug-likeness (QED) is 0.796. The Morgan fingerprint density at radius 1 is 1.38 bits per heavy atom. The Morgan fingerprint density at radius 3 is 2.86 bits per heavy atom. The fraction of sp³-hybridized carbons (Fsp3) is 0.467. The molecule has 1 amide bonds. The second-order valence-corrected chi connectivity index (χ2v) is 5.82. The zero-order valence-electron chi connectivity index (χ0n) is 11.6. The smallest absolute Gasteiger partial charge is 0.326 e. The Labute approximate surface area is 132 Å². The van der Waals surface area contributed by atoms with Gasteiger partial charge >= 0.3 is 5.97 Å². The summed E-state index contributed by atoms with van der Waals surface area (Å²) in [5, 5.41) is 9.06. The number of likely N-dealkylation sites (tertiary alicyclic amines) is 1. The number of amides is 1. The summed E-state index contributed by atoms with van der Waals surface area (Å²) in [5.74, 6) is -0.268. The minimum Gasteiger partial charge on any atom is -0.492 e. The zero-order valence-corrected chi connectivity index (χ0v) is 13.2. The highest BCUT2D eigenvalue weighted by Crippen LogP contribution is 2.24. The summed E-state index contributed by atoms with van der Waals surface area (Å²) in [6.07, 6.45) is 2.20. The van der Waals surface area contributed by atoms with Crippen molar-refractivity contribution in [3.05, 3.63) is 28.7 Å². The Morgan fingerprint density at radius 2 is 2.14 bits per heavy atom. The molecule has 1 aromatic rings. The summed E-state index contributed by atoms with van der Waals surface area (Å²) in [4.78, 5) is 24.6. The molecule has 0 spiro atoms. The number of hydrogen-bond donors (Lipinski definition) is 1. The third kappa shape index (κ3) is 4.20. The van der Waals surface area contributed by atoms with Crippen LogP contribution in [0.4, 0.5) is 0 Å². The molecule has 2 rings (SSSR count). The summed E-state index contributed by atoms with van der Waals surface area (Å²) in [6.45, 7) is 0.973. The van der Waals surface area contributed by atoms with Gasteiger partial charge in [0.15, 0.2) is 0 Å². The van der Waals surface area contributed by atoms with Crippen LogP contribution in [0, 0.1) is 0 Å². The Balaban J connectivity index is 1.75. The Hall–Kier alpha value is -1.56. The molecular weight excluding hydrogens is 338 g/mol. The van der Waals surface area contributed by atoms with Gasteiger partial charge in [0.25, 0.3) is 0 Å². The number of carboxylic acid groups (broad SMARTS) is 1. The number of carbonyl (C=O) groups is 2. The van der Waals surface area contributed by atoms with Crippen molar-refractivity contribution in [2.75, 3.05) is 13.2 Å². The van der Waals surface area contributed by atoms with Crippen LogP contribution in [-0.4, -0.2) is 41.1 Å². The van der Waals surface area contributed by atoms with Crippen LogP contribution in [0.2, 0.25) is 0 Å². The van der Waals surface area contributed by atoms with E-state index >= 15 is 0 Å². The number of halogens is 1. The first-order chi connectivity index (χ1) is 10.1. The topological polar surface area (TPSA) is 66.8 Å². The lowest BCUT2D eigenvalue weighted by Crippen LogP contribution is -2.40. The highest BCUT2D eigenvalue weighted by molar-refractivity contribution is 9.10. The molecule has 6 heteroatoms. The van der Waals surface area contributed by atoms with E-state index < -0.39 is 12.0 Å². The van der Waals surface area contributed by atoms with E-state index in [1.54, 1.807) is 0 Å². The maximum absolute atomic E-state index is 12.0. The molecule has 1 heterocycles. The SMILES string of the molecule is O=C(O)[C@H]1CCCN1C(=O)CCCOc1ccccc1Br. The van der Waals surface area contributed by atoms with Crippen molar-refractivity contribution in [3.63, 3.8) is 0 Å². The number of para-hydroxylation sites is 1. The second-order valence-electron chi connectivity index (χ2n) is 4.97. The molecule has 21 heavy (non-hydrogen) atoms. The van der Waals surface area contributed by atoms with Gasteiger partial charge in [-0.3, -0.25) is 4.79 Å². The van der Waals surface area contributed by atoms with Gasteiger partial charge in [-0.1, -0.05) is 12.1 Å². The molecular formula is C15H18BrNO4. The molecule has 1 fully saturated rings. The molecule has 0 radical (unpaired) electrons. The van der Waals surface area contributed by atoms with E-state index in [-0.39, 0.29) is 5.91 Å². The number of rotatable bonds is 6. The molecule has 0 bridgehead atoms. The van der Waals surface area contributed by atoms with Crippen LogP contribution in [0.3, 0.4) is 0 Å². The number of hydrogen-bond acceptors (Lipinski definition) is 3. The summed E-state index contributed by atoms with van der Waals surface area (Å²) >= 11 is 3.39. The first-order valence-electron chi connectivity index (χ1n) is 6.99. The minimum atomic E-state index is -0.912. The highest BCUT2D eigenvalue weighted by Gasteiger charge is 2.33. The van der Waals surface area contributed by atoms with E-state index in [1.165, 1.54) is 4.90 Å². The molecule has 0 unspecified atom stereocenters. The average Bonchev–Trinajstić information content (AvgIpc) is 2.95. The van der Waals surface area contributed by atoms with Gasteiger partial charge in [0.05, 0.1) is 11.1 Å². The summed E-state index contributed by atoms with van der Waals surface area (Å²) in [7, 11) is 0. The van der Waals surface area contributed by atoms with E-state index in [0.717, 1.165) is 16.6 Å². The maximum Gasteiger partial charge on any atom is 0.326 e. The number of carbonyl (C=O) groups excluding carboxylic acids is 1. The minimum absolute atomic E-state index is 0.101. The highest BCUT2D eigenvalue weighted by atomic mass is 79.9. The van der Waals surface area contributed by atoms with E-state index in [1.807, 2.05) is 24.3 Å². The molecule has 5 nitrogen and oxygen atoms in total. The van der Waals surface area contributed by atoms with Gasteiger partial charge in [-0.2, -0.15) is 0 Å². The molecule has 1 N–H and O–H groups in total. The van der Waals surface area contributed by atoms with Crippen LogP contribution in [-0.2, 0) is 9.59 Å². The Bertz CT molecular complexity index is 520. The molecule has 1 aliphatic rings. The van der Waals surface area contributed by atoms with Gasteiger partial charge in [-0.05, 0) is 47.3 Å². The fourth-order valence-corrected chi connectivity index (χ4v) is 2.83. The normalized spacial score (nSPS) is 17.8. The predicted molar refractivity (Wildman–Crippen MR) is 81.2 cm³/mol. The molecule has 1 aromatic carbocycles. The van der Waals surface area contributed by atoms with Gasteiger partial charge in [0.1, 0.15) is 11.8 Å². The van der Waals surface area contributed by atoms with Crippen LogP contribution in [0.5, 0.6) is 5.75 Å². The molecule has 0 saturated carbocycles. The summed E-state index contributed by atoms with van der Waals surface area (Å²) in [5.41, 5.74) is 0. The molecule has 0 aliphatic carbocycles. The first-order valence-corrected chi connectivity index (χ1v) is 7.78. The van der Waals surface area contributed by atoms with Crippen LogP contribution >= 0.6 is 15.9 Å². The van der Waals surface area contributed by atoms with E-state index in [0.29, 0.717) is 32.4 Å². The van der Waals surface area contributed by atoms with Crippen molar-refractivity contribution in [3.8, 4) is 5.75 Å². The van der Waals surface area contributed by atoms with Crippen LogP contribution in [0.15, 0.2) is 28.7 Å². The number of nitrogens with zero attached hydrogens (tertiary/aromatic N) is 1. The molecule has 1 aliphatic heterocycles. The number of carboxylic acids is 1. The molecule has 114 valence electrons. The lowest BCUT2D eigenvalue weighted by Gasteiger charge is -2.21. The van der Waals surface area contributed by atoms with Gasteiger partial charge in [0, 0.05) is 13.0 Å².